The van der Waals surface area contributed by atoms with Gasteiger partial charge in [0.05, 0.1) is 16.6 Å². The fraction of sp³-hybridized carbons (Fsp3) is 0.188. The second-order valence-electron chi connectivity index (χ2n) is 4.33. The molecule has 0 heterocycles. The number of hydrogen-bond donors (Lipinski definition) is 0. The third kappa shape index (κ3) is 4.73. The van der Waals surface area contributed by atoms with Gasteiger partial charge in [-0.25, -0.2) is 4.79 Å². The lowest BCUT2D eigenvalue weighted by atomic mass is 10.2. The van der Waals surface area contributed by atoms with Crippen LogP contribution >= 0.6 is 27.5 Å². The molecule has 0 unspecified atom stereocenters. The van der Waals surface area contributed by atoms with E-state index in [1.165, 1.54) is 0 Å². The Kier molecular flexibility index (Phi) is 6.24. The second kappa shape index (κ2) is 8.17. The van der Waals surface area contributed by atoms with Crippen LogP contribution < -0.4 is 9.47 Å². The third-order valence-electron chi connectivity index (χ3n) is 2.74. The standard InChI is InChI=1S/C16H14BrClO4/c1-20-8-9-21-15-7-2-11(10-14(15)17)16(19)22-13-5-3-12(18)4-6-13/h2-7,10H,8-9H2,1H3. The molecule has 0 aliphatic rings. The molecule has 0 amide bonds. The number of carbonyl (C=O) groups is 1. The predicted octanol–water partition coefficient (Wildman–Crippen LogP) is 4.35. The van der Waals surface area contributed by atoms with Crippen molar-refractivity contribution in [3.63, 3.8) is 0 Å². The first-order valence-corrected chi connectivity index (χ1v) is 7.66. The molecule has 0 spiro atoms. The number of hydrogen-bond acceptors (Lipinski definition) is 4. The van der Waals surface area contributed by atoms with Crippen LogP contribution in [0, 0.1) is 0 Å². The van der Waals surface area contributed by atoms with Gasteiger partial charge in [0, 0.05) is 12.1 Å². The molecule has 0 radical (unpaired) electrons. The highest BCUT2D eigenvalue weighted by Gasteiger charge is 2.11. The average molecular weight is 386 g/mol. The minimum Gasteiger partial charge on any atom is -0.490 e. The van der Waals surface area contributed by atoms with E-state index in [4.69, 9.17) is 25.8 Å². The topological polar surface area (TPSA) is 44.8 Å². The summed E-state index contributed by atoms with van der Waals surface area (Å²) >= 11 is 9.16. The summed E-state index contributed by atoms with van der Waals surface area (Å²) in [5, 5.41) is 0.583. The molecule has 2 rings (SSSR count). The third-order valence-corrected chi connectivity index (χ3v) is 3.61. The van der Waals surface area contributed by atoms with Gasteiger partial charge in [0.15, 0.2) is 0 Å². The lowest BCUT2D eigenvalue weighted by molar-refractivity contribution is 0.0734. The first kappa shape index (κ1) is 16.8. The summed E-state index contributed by atoms with van der Waals surface area (Å²) in [6.07, 6.45) is 0. The molecule has 0 fully saturated rings. The van der Waals surface area contributed by atoms with Crippen LogP contribution in [0.15, 0.2) is 46.9 Å². The highest BCUT2D eigenvalue weighted by atomic mass is 79.9. The Morgan fingerprint density at radius 3 is 2.50 bits per heavy atom. The Morgan fingerprint density at radius 2 is 1.86 bits per heavy atom. The molecule has 0 aliphatic heterocycles. The molecule has 0 N–H and O–H groups in total. The maximum absolute atomic E-state index is 12.1. The molecule has 0 saturated heterocycles. The number of carbonyl (C=O) groups excluding carboxylic acids is 1. The lowest BCUT2D eigenvalue weighted by Crippen LogP contribution is -2.09. The summed E-state index contributed by atoms with van der Waals surface area (Å²) in [5.41, 5.74) is 0.418. The normalized spacial score (nSPS) is 10.3. The Balaban J connectivity index is 2.03. The maximum Gasteiger partial charge on any atom is 0.343 e. The van der Waals surface area contributed by atoms with Gasteiger partial charge in [0.1, 0.15) is 18.1 Å². The molecule has 2 aromatic rings. The van der Waals surface area contributed by atoms with Crippen LogP contribution in [0.2, 0.25) is 5.02 Å². The van der Waals surface area contributed by atoms with E-state index in [9.17, 15) is 4.79 Å². The van der Waals surface area contributed by atoms with Gasteiger partial charge < -0.3 is 14.2 Å². The van der Waals surface area contributed by atoms with E-state index in [2.05, 4.69) is 15.9 Å². The summed E-state index contributed by atoms with van der Waals surface area (Å²) < 4.78 is 16.4. The van der Waals surface area contributed by atoms with Crippen LogP contribution in [0.1, 0.15) is 10.4 Å². The van der Waals surface area contributed by atoms with Crippen molar-refractivity contribution in [2.45, 2.75) is 0 Å². The van der Waals surface area contributed by atoms with Crippen LogP contribution in [-0.4, -0.2) is 26.3 Å². The molecule has 22 heavy (non-hydrogen) atoms. The van der Waals surface area contributed by atoms with E-state index in [1.807, 2.05) is 0 Å². The average Bonchev–Trinajstić information content (AvgIpc) is 2.51. The van der Waals surface area contributed by atoms with Gasteiger partial charge in [0.2, 0.25) is 0 Å². The minimum atomic E-state index is -0.452. The summed E-state index contributed by atoms with van der Waals surface area (Å²) in [4.78, 5) is 12.1. The molecular formula is C16H14BrClO4. The smallest absolute Gasteiger partial charge is 0.343 e. The molecule has 0 saturated carbocycles. The number of methoxy groups -OCH3 is 1. The molecule has 2 aromatic carbocycles. The van der Waals surface area contributed by atoms with Gasteiger partial charge >= 0.3 is 5.97 Å². The Bertz CT molecular complexity index is 643. The van der Waals surface area contributed by atoms with E-state index in [0.29, 0.717) is 39.8 Å². The van der Waals surface area contributed by atoms with Crippen molar-refractivity contribution in [1.82, 2.24) is 0 Å². The number of esters is 1. The van der Waals surface area contributed by atoms with Gasteiger partial charge in [0.25, 0.3) is 0 Å². The van der Waals surface area contributed by atoms with Gasteiger partial charge in [-0.2, -0.15) is 0 Å². The van der Waals surface area contributed by atoms with E-state index in [0.717, 1.165) is 0 Å². The van der Waals surface area contributed by atoms with Crippen molar-refractivity contribution in [2.24, 2.45) is 0 Å². The number of benzene rings is 2. The van der Waals surface area contributed by atoms with Crippen molar-refractivity contribution in [2.75, 3.05) is 20.3 Å². The zero-order valence-electron chi connectivity index (χ0n) is 11.8. The molecule has 4 nitrogen and oxygen atoms in total. The first-order valence-electron chi connectivity index (χ1n) is 6.49. The highest BCUT2D eigenvalue weighted by Crippen LogP contribution is 2.26. The van der Waals surface area contributed by atoms with Crippen LogP contribution in [0.5, 0.6) is 11.5 Å². The van der Waals surface area contributed by atoms with Crippen molar-refractivity contribution < 1.29 is 19.0 Å². The summed E-state index contributed by atoms with van der Waals surface area (Å²) in [7, 11) is 1.61. The van der Waals surface area contributed by atoms with Gasteiger partial charge in [-0.05, 0) is 58.4 Å². The zero-order valence-corrected chi connectivity index (χ0v) is 14.2. The summed E-state index contributed by atoms with van der Waals surface area (Å²) in [6.45, 7) is 0.927. The quantitative estimate of drug-likeness (QED) is 0.421. The van der Waals surface area contributed by atoms with Crippen LogP contribution in [0.4, 0.5) is 0 Å². The summed E-state index contributed by atoms with van der Waals surface area (Å²) in [5.74, 6) is 0.623. The maximum atomic E-state index is 12.1. The van der Waals surface area contributed by atoms with E-state index >= 15 is 0 Å². The minimum absolute atomic E-state index is 0.418. The SMILES string of the molecule is COCCOc1ccc(C(=O)Oc2ccc(Cl)cc2)cc1Br. The molecule has 0 aliphatic carbocycles. The number of ether oxygens (including phenoxy) is 3. The van der Waals surface area contributed by atoms with Crippen LogP contribution in [0.25, 0.3) is 0 Å². The van der Waals surface area contributed by atoms with E-state index < -0.39 is 5.97 Å². The van der Waals surface area contributed by atoms with Crippen molar-refractivity contribution >= 4 is 33.5 Å². The van der Waals surface area contributed by atoms with Crippen molar-refractivity contribution in [3.8, 4) is 11.5 Å². The molecule has 0 bridgehead atoms. The lowest BCUT2D eigenvalue weighted by Gasteiger charge is -2.09. The second-order valence-corrected chi connectivity index (χ2v) is 5.62. The first-order chi connectivity index (χ1) is 10.6. The fourth-order valence-electron chi connectivity index (χ4n) is 1.65. The van der Waals surface area contributed by atoms with Crippen molar-refractivity contribution in [1.29, 1.82) is 0 Å². The zero-order chi connectivity index (χ0) is 15.9. The van der Waals surface area contributed by atoms with E-state index in [1.54, 1.807) is 49.6 Å². The monoisotopic (exact) mass is 384 g/mol. The predicted molar refractivity (Wildman–Crippen MR) is 87.9 cm³/mol. The summed E-state index contributed by atoms with van der Waals surface area (Å²) in [6, 6.07) is 11.6. The fourth-order valence-corrected chi connectivity index (χ4v) is 2.27. The van der Waals surface area contributed by atoms with Crippen LogP contribution in [0.3, 0.4) is 0 Å². The molecule has 116 valence electrons. The Morgan fingerprint density at radius 1 is 1.14 bits per heavy atom. The number of rotatable bonds is 6. The Labute approximate surface area is 142 Å². The van der Waals surface area contributed by atoms with Crippen molar-refractivity contribution in [3.05, 3.63) is 57.5 Å². The highest BCUT2D eigenvalue weighted by molar-refractivity contribution is 9.10. The molecular weight excluding hydrogens is 372 g/mol. The Hall–Kier alpha value is -1.56. The van der Waals surface area contributed by atoms with Gasteiger partial charge in [-0.1, -0.05) is 11.6 Å². The number of halogens is 2. The molecule has 6 heteroatoms. The largest absolute Gasteiger partial charge is 0.490 e. The van der Waals surface area contributed by atoms with E-state index in [-0.39, 0.29) is 0 Å². The van der Waals surface area contributed by atoms with Gasteiger partial charge in [-0.3, -0.25) is 0 Å². The van der Waals surface area contributed by atoms with Crippen LogP contribution in [-0.2, 0) is 4.74 Å². The van der Waals surface area contributed by atoms with Gasteiger partial charge in [-0.15, -0.1) is 0 Å². The molecule has 0 atom stereocenters. The molecule has 0 aromatic heterocycles.